The maximum atomic E-state index is 12.1. The van der Waals surface area contributed by atoms with E-state index in [4.69, 9.17) is 0 Å². The zero-order valence-electron chi connectivity index (χ0n) is 21.1. The molecule has 1 heteroatoms. The van der Waals surface area contributed by atoms with Crippen molar-refractivity contribution in [2.75, 3.05) is 0 Å². The zero-order valence-corrected chi connectivity index (χ0v) is 21.1. The van der Waals surface area contributed by atoms with Gasteiger partial charge in [-0.05, 0) is 143 Å². The fraction of sp³-hybridized carbons (Fsp3) is 0.688. The first kappa shape index (κ1) is 24.7. The number of hydrogen-bond acceptors (Lipinski definition) is 0. The van der Waals surface area contributed by atoms with E-state index in [1.165, 1.54) is 89.9 Å². The number of halogens is 1. The summed E-state index contributed by atoms with van der Waals surface area (Å²) in [5.74, 6) is 5.34. The molecule has 0 saturated heterocycles. The number of allylic oxidation sites excluding steroid dienone is 3. The van der Waals surface area contributed by atoms with E-state index in [9.17, 15) is 4.39 Å². The standard InChI is InChI=1S/C32H47F/c1-25-24-32(25)22-17-29-15-20-31(21-16-29)30-18-13-28(14-19-30)7-3-2-6-26-9-11-27(12-10-26)8-4-5-23-33/h2,5-6,15-16,20-21,23,25-28,30,32H,3-4,7-14,17-19,22,24H2,1H3/b6-2+,23-5-. The van der Waals surface area contributed by atoms with Gasteiger partial charge in [0.15, 0.2) is 0 Å². The zero-order chi connectivity index (χ0) is 22.9. The minimum Gasteiger partial charge on any atom is -0.216 e. The van der Waals surface area contributed by atoms with Crippen molar-refractivity contribution in [2.45, 2.75) is 109 Å². The Morgan fingerprint density at radius 1 is 0.788 bits per heavy atom. The summed E-state index contributed by atoms with van der Waals surface area (Å²) >= 11 is 0. The molecule has 2 unspecified atom stereocenters. The Kier molecular flexibility index (Phi) is 9.68. The second-order valence-corrected chi connectivity index (χ2v) is 11.7. The molecule has 1 aromatic carbocycles. The summed E-state index contributed by atoms with van der Waals surface area (Å²) in [5.41, 5.74) is 3.13. The van der Waals surface area contributed by atoms with Gasteiger partial charge in [0.05, 0.1) is 6.33 Å². The highest BCUT2D eigenvalue weighted by atomic mass is 19.1. The van der Waals surface area contributed by atoms with Crippen molar-refractivity contribution in [3.05, 3.63) is 60.0 Å². The van der Waals surface area contributed by atoms with Crippen LogP contribution < -0.4 is 0 Å². The first-order valence-electron chi connectivity index (χ1n) is 14.2. The summed E-state index contributed by atoms with van der Waals surface area (Å²) in [6, 6.07) is 9.69. The molecule has 0 aliphatic heterocycles. The third-order valence-electron chi connectivity index (χ3n) is 9.25. The van der Waals surface area contributed by atoms with E-state index in [0.29, 0.717) is 6.33 Å². The molecule has 3 aliphatic rings. The molecule has 3 saturated carbocycles. The number of rotatable bonds is 11. The van der Waals surface area contributed by atoms with Crippen LogP contribution in [0.1, 0.15) is 114 Å². The number of hydrogen-bond donors (Lipinski definition) is 0. The fourth-order valence-electron chi connectivity index (χ4n) is 6.58. The third-order valence-corrected chi connectivity index (χ3v) is 9.25. The highest BCUT2D eigenvalue weighted by molar-refractivity contribution is 5.26. The Bertz CT molecular complexity index is 728. The van der Waals surface area contributed by atoms with Gasteiger partial charge in [0.25, 0.3) is 0 Å². The van der Waals surface area contributed by atoms with Gasteiger partial charge in [-0.2, -0.15) is 0 Å². The second-order valence-electron chi connectivity index (χ2n) is 11.7. The number of benzene rings is 1. The van der Waals surface area contributed by atoms with E-state index in [-0.39, 0.29) is 0 Å². The van der Waals surface area contributed by atoms with Crippen LogP contribution in [0.15, 0.2) is 48.8 Å². The molecule has 0 bridgehead atoms. The average molecular weight is 451 g/mol. The van der Waals surface area contributed by atoms with Crippen LogP contribution >= 0.6 is 0 Å². The Balaban J connectivity index is 1.08. The van der Waals surface area contributed by atoms with Gasteiger partial charge >= 0.3 is 0 Å². The van der Waals surface area contributed by atoms with E-state index < -0.39 is 0 Å². The van der Waals surface area contributed by atoms with Crippen LogP contribution in [0.3, 0.4) is 0 Å². The van der Waals surface area contributed by atoms with Gasteiger partial charge in [-0.3, -0.25) is 0 Å². The van der Waals surface area contributed by atoms with Crippen LogP contribution in [0.25, 0.3) is 0 Å². The predicted octanol–water partition coefficient (Wildman–Crippen LogP) is 9.96. The Morgan fingerprint density at radius 3 is 2.00 bits per heavy atom. The fourth-order valence-corrected chi connectivity index (χ4v) is 6.58. The second kappa shape index (κ2) is 12.9. The lowest BCUT2D eigenvalue weighted by Crippen LogP contribution is -2.13. The first-order chi connectivity index (χ1) is 16.2. The normalized spacial score (nSPS) is 32.5. The molecule has 0 heterocycles. The average Bonchev–Trinajstić information content (AvgIpc) is 3.57. The van der Waals surface area contributed by atoms with Crippen molar-refractivity contribution in [1.82, 2.24) is 0 Å². The summed E-state index contributed by atoms with van der Waals surface area (Å²) in [4.78, 5) is 0. The van der Waals surface area contributed by atoms with Crippen molar-refractivity contribution < 1.29 is 4.39 Å². The van der Waals surface area contributed by atoms with Crippen LogP contribution in [0.2, 0.25) is 0 Å². The molecule has 182 valence electrons. The first-order valence-corrected chi connectivity index (χ1v) is 14.2. The minimum atomic E-state index is 0.703. The van der Waals surface area contributed by atoms with E-state index in [2.05, 4.69) is 43.3 Å². The molecular formula is C32H47F. The molecule has 4 rings (SSSR count). The van der Waals surface area contributed by atoms with Crippen LogP contribution in [-0.2, 0) is 6.42 Å². The van der Waals surface area contributed by atoms with Crippen LogP contribution in [0.5, 0.6) is 0 Å². The molecule has 3 fully saturated rings. The molecule has 3 aliphatic carbocycles. The minimum absolute atomic E-state index is 0.703. The molecule has 0 spiro atoms. The molecule has 1 aromatic rings. The van der Waals surface area contributed by atoms with Crippen molar-refractivity contribution in [1.29, 1.82) is 0 Å². The SMILES string of the molecule is CC1CC1CCc1ccc(C2CCC(CC/C=C/C3CCC(CC/C=C\F)CC3)CC2)cc1. The van der Waals surface area contributed by atoms with Crippen molar-refractivity contribution in [2.24, 2.45) is 29.6 Å². The largest absolute Gasteiger partial charge is 0.216 e. The lowest BCUT2D eigenvalue weighted by atomic mass is 9.77. The molecular weight excluding hydrogens is 403 g/mol. The van der Waals surface area contributed by atoms with E-state index in [0.717, 1.165) is 41.9 Å². The quantitative estimate of drug-likeness (QED) is 0.294. The lowest BCUT2D eigenvalue weighted by molar-refractivity contribution is 0.296. The maximum absolute atomic E-state index is 12.1. The van der Waals surface area contributed by atoms with Gasteiger partial charge in [-0.25, -0.2) is 4.39 Å². The van der Waals surface area contributed by atoms with Gasteiger partial charge in [-0.15, -0.1) is 0 Å². The van der Waals surface area contributed by atoms with E-state index in [1.807, 2.05) is 0 Å². The topological polar surface area (TPSA) is 0 Å². The highest BCUT2D eigenvalue weighted by Gasteiger charge is 2.31. The molecule has 2 atom stereocenters. The summed E-state index contributed by atoms with van der Waals surface area (Å²) in [6.07, 6.45) is 27.2. The molecule has 0 N–H and O–H groups in total. The van der Waals surface area contributed by atoms with Crippen molar-refractivity contribution in [3.63, 3.8) is 0 Å². The van der Waals surface area contributed by atoms with E-state index in [1.54, 1.807) is 17.2 Å². The van der Waals surface area contributed by atoms with Gasteiger partial charge in [-0.1, -0.05) is 49.4 Å². The van der Waals surface area contributed by atoms with Gasteiger partial charge in [0.1, 0.15) is 0 Å². The lowest BCUT2D eigenvalue weighted by Gasteiger charge is -2.29. The van der Waals surface area contributed by atoms with Gasteiger partial charge in [0.2, 0.25) is 0 Å². The smallest absolute Gasteiger partial charge is 0.0827 e. The molecule has 0 radical (unpaired) electrons. The Morgan fingerprint density at radius 2 is 1.39 bits per heavy atom. The van der Waals surface area contributed by atoms with Crippen molar-refractivity contribution in [3.8, 4) is 0 Å². The summed E-state index contributed by atoms with van der Waals surface area (Å²) in [5, 5.41) is 0. The highest BCUT2D eigenvalue weighted by Crippen LogP contribution is 2.41. The molecule has 0 nitrogen and oxygen atoms in total. The van der Waals surface area contributed by atoms with Crippen molar-refractivity contribution >= 4 is 0 Å². The monoisotopic (exact) mass is 450 g/mol. The Labute approximate surface area is 203 Å². The van der Waals surface area contributed by atoms with Crippen LogP contribution in [0, 0.1) is 29.6 Å². The summed E-state index contributed by atoms with van der Waals surface area (Å²) < 4.78 is 12.1. The third kappa shape index (κ3) is 8.11. The summed E-state index contributed by atoms with van der Waals surface area (Å²) in [6.45, 7) is 2.39. The van der Waals surface area contributed by atoms with Crippen LogP contribution in [0.4, 0.5) is 4.39 Å². The van der Waals surface area contributed by atoms with E-state index >= 15 is 0 Å². The van der Waals surface area contributed by atoms with Crippen LogP contribution in [-0.4, -0.2) is 0 Å². The van der Waals surface area contributed by atoms with Gasteiger partial charge in [0, 0.05) is 0 Å². The van der Waals surface area contributed by atoms with Gasteiger partial charge < -0.3 is 0 Å². The Hall–Kier alpha value is -1.37. The predicted molar refractivity (Wildman–Crippen MR) is 140 cm³/mol. The number of aryl methyl sites for hydroxylation is 1. The molecule has 0 aromatic heterocycles. The molecule has 33 heavy (non-hydrogen) atoms. The molecule has 0 amide bonds. The maximum Gasteiger partial charge on any atom is 0.0827 e. The summed E-state index contributed by atoms with van der Waals surface area (Å²) in [7, 11) is 0.